The molecular formula is C16H25NO3. The van der Waals surface area contributed by atoms with Crippen LogP contribution < -0.4 is 5.32 Å². The van der Waals surface area contributed by atoms with Gasteiger partial charge in [0.1, 0.15) is 12.4 Å². The summed E-state index contributed by atoms with van der Waals surface area (Å²) in [5.41, 5.74) is 0.799. The fourth-order valence-electron chi connectivity index (χ4n) is 2.71. The number of alkyl carbamates (subject to hydrolysis) is 1. The van der Waals surface area contributed by atoms with Crippen molar-refractivity contribution in [3.05, 3.63) is 11.6 Å². The van der Waals surface area contributed by atoms with Gasteiger partial charge in [-0.15, -0.1) is 0 Å². The standard InChI is InChI=1S/C16H25NO3/c1-11-6-8-16(9-7-11,13(3)18)10-20-15(19)17-12(2)14-4-5-14/h6,12,14H,4-5,7-10H2,1-3H3,(H,17,19). The lowest BCUT2D eigenvalue weighted by Gasteiger charge is -2.33. The zero-order valence-electron chi connectivity index (χ0n) is 12.7. The Balaban J connectivity index is 1.86. The van der Waals surface area contributed by atoms with Crippen molar-refractivity contribution in [3.63, 3.8) is 0 Å². The first kappa shape index (κ1) is 15.1. The second-order valence-electron chi connectivity index (χ2n) is 6.44. The lowest BCUT2D eigenvalue weighted by Crippen LogP contribution is -2.40. The van der Waals surface area contributed by atoms with Gasteiger partial charge in [-0.25, -0.2) is 4.79 Å². The molecule has 2 aliphatic carbocycles. The molecule has 0 aromatic carbocycles. The third-order valence-corrected chi connectivity index (χ3v) is 4.74. The average Bonchev–Trinajstić information content (AvgIpc) is 3.22. The molecule has 2 aliphatic rings. The summed E-state index contributed by atoms with van der Waals surface area (Å²) >= 11 is 0. The molecule has 20 heavy (non-hydrogen) atoms. The molecule has 2 atom stereocenters. The summed E-state index contributed by atoms with van der Waals surface area (Å²) in [4.78, 5) is 23.7. The summed E-state index contributed by atoms with van der Waals surface area (Å²) in [5.74, 6) is 0.717. The first-order valence-electron chi connectivity index (χ1n) is 7.53. The van der Waals surface area contributed by atoms with Gasteiger partial charge in [0, 0.05) is 6.04 Å². The van der Waals surface area contributed by atoms with E-state index in [-0.39, 0.29) is 18.4 Å². The van der Waals surface area contributed by atoms with Crippen molar-refractivity contribution in [3.8, 4) is 0 Å². The van der Waals surface area contributed by atoms with Crippen LogP contribution in [0.5, 0.6) is 0 Å². The van der Waals surface area contributed by atoms with E-state index >= 15 is 0 Å². The number of hydrogen-bond donors (Lipinski definition) is 1. The summed E-state index contributed by atoms with van der Waals surface area (Å²) in [6.45, 7) is 5.87. The van der Waals surface area contributed by atoms with Crippen LogP contribution in [0.3, 0.4) is 0 Å². The van der Waals surface area contributed by atoms with Crippen molar-refractivity contribution in [2.24, 2.45) is 11.3 Å². The summed E-state index contributed by atoms with van der Waals surface area (Å²) in [6.07, 6.45) is 6.43. The minimum absolute atomic E-state index is 0.115. The maximum atomic E-state index is 11.9. The molecule has 2 unspecified atom stereocenters. The van der Waals surface area contributed by atoms with Gasteiger partial charge in [-0.1, -0.05) is 11.6 Å². The molecule has 0 bridgehead atoms. The summed E-state index contributed by atoms with van der Waals surface area (Å²) in [7, 11) is 0. The Bertz CT molecular complexity index is 425. The van der Waals surface area contributed by atoms with E-state index in [1.807, 2.05) is 6.92 Å². The van der Waals surface area contributed by atoms with Gasteiger partial charge in [-0.2, -0.15) is 0 Å². The van der Waals surface area contributed by atoms with E-state index in [1.54, 1.807) is 6.92 Å². The fourth-order valence-corrected chi connectivity index (χ4v) is 2.71. The van der Waals surface area contributed by atoms with Crippen molar-refractivity contribution >= 4 is 11.9 Å². The van der Waals surface area contributed by atoms with E-state index in [0.29, 0.717) is 12.3 Å². The number of carbonyl (C=O) groups is 2. The van der Waals surface area contributed by atoms with Crippen LogP contribution >= 0.6 is 0 Å². The molecule has 0 heterocycles. The Kier molecular flexibility index (Phi) is 4.51. The molecule has 1 amide bonds. The van der Waals surface area contributed by atoms with E-state index in [2.05, 4.69) is 18.3 Å². The van der Waals surface area contributed by atoms with Crippen LogP contribution in [0.2, 0.25) is 0 Å². The molecule has 1 N–H and O–H groups in total. The zero-order valence-corrected chi connectivity index (χ0v) is 12.7. The molecule has 1 saturated carbocycles. The van der Waals surface area contributed by atoms with Crippen molar-refractivity contribution < 1.29 is 14.3 Å². The zero-order chi connectivity index (χ0) is 14.8. The lowest BCUT2D eigenvalue weighted by atomic mass is 9.73. The molecule has 0 spiro atoms. The van der Waals surface area contributed by atoms with Crippen LogP contribution in [-0.2, 0) is 9.53 Å². The van der Waals surface area contributed by atoms with Crippen molar-refractivity contribution in [2.45, 2.75) is 58.9 Å². The van der Waals surface area contributed by atoms with Gasteiger partial charge in [0.15, 0.2) is 0 Å². The number of rotatable bonds is 5. The van der Waals surface area contributed by atoms with Gasteiger partial charge >= 0.3 is 6.09 Å². The predicted molar refractivity (Wildman–Crippen MR) is 77.4 cm³/mol. The fraction of sp³-hybridized carbons (Fsp3) is 0.750. The first-order chi connectivity index (χ1) is 9.43. The van der Waals surface area contributed by atoms with Crippen molar-refractivity contribution in [1.82, 2.24) is 5.32 Å². The Hall–Kier alpha value is -1.32. The van der Waals surface area contributed by atoms with Gasteiger partial charge in [0.2, 0.25) is 0 Å². The third kappa shape index (κ3) is 3.62. The molecule has 112 valence electrons. The maximum Gasteiger partial charge on any atom is 0.407 e. The van der Waals surface area contributed by atoms with E-state index in [0.717, 1.165) is 12.8 Å². The molecule has 0 aromatic rings. The van der Waals surface area contributed by atoms with E-state index in [9.17, 15) is 9.59 Å². The van der Waals surface area contributed by atoms with Crippen molar-refractivity contribution in [1.29, 1.82) is 0 Å². The SMILES string of the molecule is CC(=O)C1(COC(=O)NC(C)C2CC2)CC=C(C)CC1. The number of hydrogen-bond acceptors (Lipinski definition) is 3. The Labute approximate surface area is 120 Å². The average molecular weight is 279 g/mol. The number of carbonyl (C=O) groups excluding carboxylic acids is 2. The largest absolute Gasteiger partial charge is 0.448 e. The third-order valence-electron chi connectivity index (χ3n) is 4.74. The van der Waals surface area contributed by atoms with Crippen LogP contribution in [0, 0.1) is 11.3 Å². The van der Waals surface area contributed by atoms with Gasteiger partial charge < -0.3 is 10.1 Å². The van der Waals surface area contributed by atoms with Gasteiger partial charge in [-0.05, 0) is 58.8 Å². The monoisotopic (exact) mass is 279 g/mol. The second-order valence-corrected chi connectivity index (χ2v) is 6.44. The van der Waals surface area contributed by atoms with Crippen LogP contribution in [-0.4, -0.2) is 24.5 Å². The predicted octanol–water partition coefficient (Wildman–Crippen LogP) is 3.22. The smallest absolute Gasteiger partial charge is 0.407 e. The maximum absolute atomic E-state index is 11.9. The van der Waals surface area contributed by atoms with Crippen LogP contribution in [0.4, 0.5) is 4.79 Å². The highest BCUT2D eigenvalue weighted by molar-refractivity contribution is 5.83. The highest BCUT2D eigenvalue weighted by atomic mass is 16.5. The Morgan fingerprint density at radius 3 is 2.70 bits per heavy atom. The van der Waals surface area contributed by atoms with Crippen molar-refractivity contribution in [2.75, 3.05) is 6.61 Å². The molecule has 0 aliphatic heterocycles. The molecule has 1 fully saturated rings. The molecule has 4 nitrogen and oxygen atoms in total. The second kappa shape index (κ2) is 5.98. The van der Waals surface area contributed by atoms with Crippen LogP contribution in [0.25, 0.3) is 0 Å². The quantitative estimate of drug-likeness (QED) is 0.786. The van der Waals surface area contributed by atoms with Crippen LogP contribution in [0.15, 0.2) is 11.6 Å². The molecule has 0 saturated heterocycles. The number of ketones is 1. The molecule has 0 radical (unpaired) electrons. The van der Waals surface area contributed by atoms with E-state index < -0.39 is 11.5 Å². The van der Waals surface area contributed by atoms with Gasteiger partial charge in [0.05, 0.1) is 5.41 Å². The number of ether oxygens (including phenoxy) is 1. The molecular weight excluding hydrogens is 254 g/mol. The van der Waals surface area contributed by atoms with E-state index in [4.69, 9.17) is 4.74 Å². The number of nitrogens with one attached hydrogen (secondary N) is 1. The topological polar surface area (TPSA) is 55.4 Å². The lowest BCUT2D eigenvalue weighted by molar-refractivity contribution is -0.129. The van der Waals surface area contributed by atoms with Gasteiger partial charge in [0.25, 0.3) is 0 Å². The van der Waals surface area contributed by atoms with Crippen LogP contribution in [0.1, 0.15) is 52.9 Å². The summed E-state index contributed by atoms with van der Waals surface area (Å²) in [5, 5.41) is 2.86. The number of Topliss-reactive ketones (excluding diaryl/α,β-unsaturated/α-hetero) is 1. The highest BCUT2D eigenvalue weighted by Crippen LogP contribution is 2.37. The molecule has 2 rings (SSSR count). The first-order valence-corrected chi connectivity index (χ1v) is 7.53. The molecule has 0 aromatic heterocycles. The summed E-state index contributed by atoms with van der Waals surface area (Å²) in [6, 6.07) is 0.171. The van der Waals surface area contributed by atoms with E-state index in [1.165, 1.54) is 18.4 Å². The number of amides is 1. The summed E-state index contributed by atoms with van der Waals surface area (Å²) < 4.78 is 5.33. The van der Waals surface area contributed by atoms with Gasteiger partial charge in [-0.3, -0.25) is 4.79 Å². The number of allylic oxidation sites excluding steroid dienone is 2. The minimum atomic E-state index is -0.514. The Morgan fingerprint density at radius 1 is 1.50 bits per heavy atom. The Morgan fingerprint density at radius 2 is 2.20 bits per heavy atom. The normalized spacial score (nSPS) is 27.4. The molecule has 4 heteroatoms. The minimum Gasteiger partial charge on any atom is -0.448 e. The highest BCUT2D eigenvalue weighted by Gasteiger charge is 2.38.